The van der Waals surface area contributed by atoms with Gasteiger partial charge in [0.15, 0.2) is 11.2 Å². The van der Waals surface area contributed by atoms with Crippen LogP contribution in [0, 0.1) is 0 Å². The first-order valence-corrected chi connectivity index (χ1v) is 12.1. The molecule has 10 nitrogen and oxygen atoms in total. The van der Waals surface area contributed by atoms with Gasteiger partial charge in [-0.15, -0.1) is 0 Å². The molecule has 0 atom stereocenters. The molecule has 0 unspecified atom stereocenters. The van der Waals surface area contributed by atoms with Crippen LogP contribution in [0.1, 0.15) is 32.5 Å². The predicted octanol–water partition coefficient (Wildman–Crippen LogP) is 4.18. The zero-order chi connectivity index (χ0) is 25.9. The van der Waals surface area contributed by atoms with E-state index >= 15 is 0 Å². The number of para-hydroxylation sites is 1. The Morgan fingerprint density at radius 1 is 1.00 bits per heavy atom. The molecule has 0 fully saturated rings. The van der Waals surface area contributed by atoms with Crippen LogP contribution in [0.2, 0.25) is 0 Å². The first kappa shape index (κ1) is 24.1. The number of rotatable bonds is 9. The van der Waals surface area contributed by atoms with Gasteiger partial charge in [-0.1, -0.05) is 31.5 Å². The van der Waals surface area contributed by atoms with Crippen molar-refractivity contribution in [2.45, 2.75) is 46.4 Å². The second kappa shape index (κ2) is 10.2. The van der Waals surface area contributed by atoms with Gasteiger partial charge in [-0.05, 0) is 37.6 Å². The molecule has 5 aromatic rings. The number of hydrogen-bond donors (Lipinski definition) is 1. The number of nitrogens with one attached hydrogen (secondary N) is 1. The number of hydrogen-bond acceptors (Lipinski definition) is 7. The Morgan fingerprint density at radius 3 is 2.57 bits per heavy atom. The van der Waals surface area contributed by atoms with Gasteiger partial charge in [-0.2, -0.15) is 0 Å². The van der Waals surface area contributed by atoms with Gasteiger partial charge in [-0.25, -0.2) is 9.78 Å². The fourth-order valence-corrected chi connectivity index (χ4v) is 4.21. The quantitative estimate of drug-likeness (QED) is 0.321. The largest absolute Gasteiger partial charge is 0.486 e. The minimum Gasteiger partial charge on any atom is -0.486 e. The smallest absolute Gasteiger partial charge is 0.330 e. The number of fused-ring (bicyclic) bond motifs is 2. The molecule has 0 spiro atoms. The van der Waals surface area contributed by atoms with Crippen LogP contribution in [0.4, 0.5) is 0 Å². The third kappa shape index (κ3) is 4.65. The Kier molecular flexibility index (Phi) is 6.63. The number of benzene rings is 2. The van der Waals surface area contributed by atoms with Gasteiger partial charge < -0.3 is 18.5 Å². The maximum Gasteiger partial charge on any atom is 0.330 e. The van der Waals surface area contributed by atoms with Crippen molar-refractivity contribution in [2.24, 2.45) is 0 Å². The summed E-state index contributed by atoms with van der Waals surface area (Å²) in [6.07, 6.45) is 2.96. The summed E-state index contributed by atoms with van der Waals surface area (Å²) in [6, 6.07) is 13.9. The van der Waals surface area contributed by atoms with Crippen molar-refractivity contribution >= 4 is 22.1 Å². The Bertz CT molecular complexity index is 1750. The van der Waals surface area contributed by atoms with Crippen LogP contribution >= 0.6 is 0 Å². The molecule has 3 aromatic heterocycles. The van der Waals surface area contributed by atoms with E-state index in [4.69, 9.17) is 13.9 Å². The second-order valence-corrected chi connectivity index (χ2v) is 8.50. The van der Waals surface area contributed by atoms with Crippen LogP contribution in [-0.4, -0.2) is 19.1 Å². The lowest BCUT2D eigenvalue weighted by Gasteiger charge is -2.09. The van der Waals surface area contributed by atoms with Crippen molar-refractivity contribution in [3.63, 3.8) is 0 Å². The standard InChI is InChI=1S/C27H26N4O6/c1-3-5-13-31-25-23(26(33)29-27(31)34)30(4-2)22(28-25)16-35-18-11-12-19-20(14-18)36-15-21(24(19)32)37-17-9-7-6-8-10-17/h6-12,14-15H,3-5,13,16H2,1-2H3,(H,29,33,34). The van der Waals surface area contributed by atoms with E-state index in [1.165, 1.54) is 10.8 Å². The molecule has 0 amide bonds. The number of imidazole rings is 1. The van der Waals surface area contributed by atoms with E-state index in [0.717, 1.165) is 12.8 Å². The molecule has 0 aliphatic rings. The summed E-state index contributed by atoms with van der Waals surface area (Å²) in [4.78, 5) is 44.9. The maximum absolute atomic E-state index is 12.9. The molecular weight excluding hydrogens is 476 g/mol. The lowest BCUT2D eigenvalue weighted by molar-refractivity contribution is 0.290. The minimum absolute atomic E-state index is 0.0505. The number of aromatic nitrogens is 4. The zero-order valence-electron chi connectivity index (χ0n) is 20.5. The summed E-state index contributed by atoms with van der Waals surface area (Å²) in [5.74, 6) is 1.58. The molecule has 10 heteroatoms. The highest BCUT2D eigenvalue weighted by molar-refractivity contribution is 5.79. The lowest BCUT2D eigenvalue weighted by atomic mass is 10.2. The second-order valence-electron chi connectivity index (χ2n) is 8.50. The molecule has 0 bridgehead atoms. The molecule has 0 aliphatic heterocycles. The molecule has 0 radical (unpaired) electrons. The van der Waals surface area contributed by atoms with Gasteiger partial charge >= 0.3 is 5.69 Å². The number of unbranched alkanes of at least 4 members (excludes halogenated alkanes) is 1. The van der Waals surface area contributed by atoms with E-state index in [1.54, 1.807) is 34.9 Å². The predicted molar refractivity (Wildman–Crippen MR) is 139 cm³/mol. The van der Waals surface area contributed by atoms with Gasteiger partial charge in [-0.3, -0.25) is 19.1 Å². The van der Waals surface area contributed by atoms with Crippen molar-refractivity contribution in [1.29, 1.82) is 0 Å². The fraction of sp³-hybridized carbons (Fsp3) is 0.259. The van der Waals surface area contributed by atoms with Crippen molar-refractivity contribution in [2.75, 3.05) is 0 Å². The van der Waals surface area contributed by atoms with Gasteiger partial charge in [0.2, 0.25) is 11.2 Å². The number of H-pyrrole nitrogens is 1. The SMILES string of the molecule is CCCCn1c(=O)[nH]c(=O)c2c1nc(COc1ccc3c(=O)c(Oc4ccccc4)coc3c1)n2CC. The minimum atomic E-state index is -0.477. The molecule has 37 heavy (non-hydrogen) atoms. The van der Waals surface area contributed by atoms with Crippen molar-refractivity contribution < 1.29 is 13.9 Å². The summed E-state index contributed by atoms with van der Waals surface area (Å²) in [5.41, 5.74) is -0.218. The molecular formula is C27H26N4O6. The van der Waals surface area contributed by atoms with E-state index in [0.29, 0.717) is 52.5 Å². The van der Waals surface area contributed by atoms with E-state index < -0.39 is 11.2 Å². The monoisotopic (exact) mass is 502 g/mol. The molecule has 1 N–H and O–H groups in total. The van der Waals surface area contributed by atoms with Crippen LogP contribution in [0.15, 0.2) is 73.6 Å². The van der Waals surface area contributed by atoms with Crippen molar-refractivity contribution in [3.05, 3.63) is 91.7 Å². The van der Waals surface area contributed by atoms with Gasteiger partial charge in [0.1, 0.15) is 35.8 Å². The van der Waals surface area contributed by atoms with Gasteiger partial charge in [0.05, 0.1) is 5.39 Å². The molecule has 0 aliphatic carbocycles. The Balaban J connectivity index is 1.43. The summed E-state index contributed by atoms with van der Waals surface area (Å²) in [5, 5.41) is 0.355. The Labute approximate surface area is 210 Å². The molecule has 0 saturated carbocycles. The fourth-order valence-electron chi connectivity index (χ4n) is 4.21. The van der Waals surface area contributed by atoms with Gasteiger partial charge in [0.25, 0.3) is 5.56 Å². The van der Waals surface area contributed by atoms with Crippen LogP contribution in [0.5, 0.6) is 17.2 Å². The van der Waals surface area contributed by atoms with Crippen LogP contribution in [-0.2, 0) is 19.7 Å². The third-order valence-electron chi connectivity index (χ3n) is 6.07. The number of aromatic amines is 1. The lowest BCUT2D eigenvalue weighted by Crippen LogP contribution is -2.31. The van der Waals surface area contributed by atoms with Gasteiger partial charge in [0, 0.05) is 19.2 Å². The highest BCUT2D eigenvalue weighted by atomic mass is 16.5. The summed E-state index contributed by atoms with van der Waals surface area (Å²) in [6.45, 7) is 4.91. The molecule has 190 valence electrons. The molecule has 2 aromatic carbocycles. The van der Waals surface area contributed by atoms with Crippen LogP contribution in [0.25, 0.3) is 22.1 Å². The summed E-state index contributed by atoms with van der Waals surface area (Å²) >= 11 is 0. The van der Waals surface area contributed by atoms with Crippen molar-refractivity contribution in [3.8, 4) is 17.2 Å². The van der Waals surface area contributed by atoms with E-state index in [9.17, 15) is 14.4 Å². The first-order chi connectivity index (χ1) is 18.0. The number of aryl methyl sites for hydroxylation is 2. The number of nitrogens with zero attached hydrogens (tertiary/aromatic N) is 3. The molecule has 5 rings (SSSR count). The average Bonchev–Trinajstić information content (AvgIpc) is 3.28. The highest BCUT2D eigenvalue weighted by Crippen LogP contribution is 2.24. The first-order valence-electron chi connectivity index (χ1n) is 12.1. The van der Waals surface area contributed by atoms with Crippen LogP contribution < -0.4 is 26.2 Å². The third-order valence-corrected chi connectivity index (χ3v) is 6.07. The Morgan fingerprint density at radius 2 is 1.81 bits per heavy atom. The number of ether oxygens (including phenoxy) is 2. The summed E-state index contributed by atoms with van der Waals surface area (Å²) in [7, 11) is 0. The van der Waals surface area contributed by atoms with E-state index in [2.05, 4.69) is 9.97 Å². The highest BCUT2D eigenvalue weighted by Gasteiger charge is 2.18. The maximum atomic E-state index is 12.9. The topological polar surface area (TPSA) is 121 Å². The van der Waals surface area contributed by atoms with E-state index in [1.807, 2.05) is 32.0 Å². The Hall–Kier alpha value is -4.60. The van der Waals surface area contributed by atoms with Crippen LogP contribution in [0.3, 0.4) is 0 Å². The normalized spacial score (nSPS) is 11.3. The average molecular weight is 503 g/mol. The van der Waals surface area contributed by atoms with E-state index in [-0.39, 0.29) is 17.8 Å². The van der Waals surface area contributed by atoms with Crippen molar-refractivity contribution in [1.82, 2.24) is 19.1 Å². The molecule has 3 heterocycles. The molecule has 0 saturated heterocycles. The summed E-state index contributed by atoms with van der Waals surface area (Å²) < 4.78 is 20.5. The zero-order valence-corrected chi connectivity index (χ0v) is 20.5.